The van der Waals surface area contributed by atoms with E-state index >= 15 is 0 Å². The lowest BCUT2D eigenvalue weighted by Crippen LogP contribution is -2.53. The molecular weight excluding hydrogens is 462 g/mol. The summed E-state index contributed by atoms with van der Waals surface area (Å²) < 4.78 is 5.35. The van der Waals surface area contributed by atoms with E-state index in [0.717, 1.165) is 30.8 Å². The van der Waals surface area contributed by atoms with Gasteiger partial charge in [0.15, 0.2) is 0 Å². The summed E-state index contributed by atoms with van der Waals surface area (Å²) in [4.78, 5) is 34.1. The molecule has 2 heterocycles. The van der Waals surface area contributed by atoms with Crippen molar-refractivity contribution in [2.75, 3.05) is 46.4 Å². The monoisotopic (exact) mass is 497 g/mol. The third kappa shape index (κ3) is 5.31. The summed E-state index contributed by atoms with van der Waals surface area (Å²) in [5.41, 5.74) is 4.96. The molecule has 6 heteroatoms. The van der Waals surface area contributed by atoms with E-state index in [9.17, 15) is 9.59 Å². The van der Waals surface area contributed by atoms with Crippen molar-refractivity contribution in [2.24, 2.45) is 0 Å². The Hall–Kier alpha value is -3.48. The highest BCUT2D eigenvalue weighted by atomic mass is 16.5. The molecule has 1 fully saturated rings. The number of ether oxygens (including phenoxy) is 1. The zero-order chi connectivity index (χ0) is 25.8. The molecule has 2 atom stereocenters. The number of nitrogens with zero attached hydrogens (tertiary/aromatic N) is 3. The van der Waals surface area contributed by atoms with Crippen LogP contribution < -0.4 is 0 Å². The smallest absolute Gasteiger partial charge is 0.254 e. The molecule has 37 heavy (non-hydrogen) atoms. The fourth-order valence-corrected chi connectivity index (χ4v) is 5.59. The van der Waals surface area contributed by atoms with Crippen molar-refractivity contribution in [2.45, 2.75) is 25.4 Å². The maximum Gasteiger partial charge on any atom is 0.254 e. The topological polar surface area (TPSA) is 53.1 Å². The van der Waals surface area contributed by atoms with Crippen LogP contribution in [0.25, 0.3) is 0 Å². The van der Waals surface area contributed by atoms with Gasteiger partial charge in [0.25, 0.3) is 5.91 Å². The van der Waals surface area contributed by atoms with Gasteiger partial charge in [-0.15, -0.1) is 0 Å². The van der Waals surface area contributed by atoms with E-state index < -0.39 is 5.92 Å². The van der Waals surface area contributed by atoms with Crippen LogP contribution in [-0.2, 0) is 16.1 Å². The lowest BCUT2D eigenvalue weighted by Gasteiger charge is -2.44. The molecule has 2 aliphatic rings. The number of hydrogen-bond donors (Lipinski definition) is 0. The minimum absolute atomic E-state index is 0.0477. The molecule has 0 aromatic heterocycles. The maximum absolute atomic E-state index is 14.3. The van der Waals surface area contributed by atoms with Crippen LogP contribution in [0.15, 0.2) is 78.9 Å². The molecule has 0 aliphatic carbocycles. The third-order valence-corrected chi connectivity index (χ3v) is 7.59. The van der Waals surface area contributed by atoms with Crippen LogP contribution in [0.5, 0.6) is 0 Å². The summed E-state index contributed by atoms with van der Waals surface area (Å²) in [6.07, 6.45) is 0. The van der Waals surface area contributed by atoms with Crippen LogP contribution in [0, 0.1) is 6.92 Å². The molecule has 2 aliphatic heterocycles. The van der Waals surface area contributed by atoms with E-state index in [1.54, 1.807) is 7.11 Å². The van der Waals surface area contributed by atoms with Gasteiger partial charge in [-0.25, -0.2) is 0 Å². The molecule has 1 saturated heterocycles. The number of piperazine rings is 1. The van der Waals surface area contributed by atoms with Crippen molar-refractivity contribution in [1.82, 2.24) is 14.7 Å². The predicted octanol–water partition coefficient (Wildman–Crippen LogP) is 4.27. The Morgan fingerprint density at radius 2 is 1.57 bits per heavy atom. The molecule has 0 unspecified atom stereocenters. The number of aryl methyl sites for hydroxylation is 1. The second kappa shape index (κ2) is 11.3. The van der Waals surface area contributed by atoms with Crippen LogP contribution in [0.3, 0.4) is 0 Å². The quantitative estimate of drug-likeness (QED) is 0.489. The van der Waals surface area contributed by atoms with Gasteiger partial charge in [-0.3, -0.25) is 14.5 Å². The van der Waals surface area contributed by atoms with Crippen molar-refractivity contribution in [3.05, 3.63) is 107 Å². The zero-order valence-corrected chi connectivity index (χ0v) is 21.7. The Kier molecular flexibility index (Phi) is 7.68. The van der Waals surface area contributed by atoms with Gasteiger partial charge in [-0.1, -0.05) is 78.4 Å². The Morgan fingerprint density at radius 3 is 2.27 bits per heavy atom. The Morgan fingerprint density at radius 1 is 0.892 bits per heavy atom. The SMILES string of the molecule is COCCN1C(=O)c2ccccc2[C@@H](C(=O)N2CCN(Cc3ccc(C)cc3)CC2)[C@H]1c1ccccc1. The largest absolute Gasteiger partial charge is 0.383 e. The fraction of sp³-hybridized carbons (Fsp3) is 0.355. The summed E-state index contributed by atoms with van der Waals surface area (Å²) in [6.45, 7) is 6.85. The second-order valence-corrected chi connectivity index (χ2v) is 10.00. The highest BCUT2D eigenvalue weighted by Gasteiger charge is 2.45. The number of hydrogen-bond acceptors (Lipinski definition) is 4. The molecule has 0 radical (unpaired) electrons. The number of carbonyl (C=O) groups excluding carboxylic acids is 2. The first-order valence-electron chi connectivity index (χ1n) is 13.1. The van der Waals surface area contributed by atoms with E-state index in [1.807, 2.05) is 64.4 Å². The predicted molar refractivity (Wildman–Crippen MR) is 144 cm³/mol. The van der Waals surface area contributed by atoms with E-state index in [1.165, 1.54) is 11.1 Å². The second-order valence-electron chi connectivity index (χ2n) is 10.00. The molecule has 0 N–H and O–H groups in total. The molecule has 3 aromatic rings. The third-order valence-electron chi connectivity index (χ3n) is 7.59. The van der Waals surface area contributed by atoms with Crippen molar-refractivity contribution in [3.63, 3.8) is 0 Å². The summed E-state index contributed by atoms with van der Waals surface area (Å²) in [5.74, 6) is -0.420. The maximum atomic E-state index is 14.3. The fourth-order valence-electron chi connectivity index (χ4n) is 5.59. The lowest BCUT2D eigenvalue weighted by atomic mass is 9.78. The summed E-state index contributed by atoms with van der Waals surface area (Å²) in [7, 11) is 1.64. The first-order chi connectivity index (χ1) is 18.1. The van der Waals surface area contributed by atoms with Crippen molar-refractivity contribution in [1.29, 1.82) is 0 Å². The van der Waals surface area contributed by atoms with Crippen LogP contribution in [0.1, 0.15) is 44.6 Å². The molecule has 0 spiro atoms. The molecule has 0 saturated carbocycles. The number of amides is 2. The van der Waals surface area contributed by atoms with E-state index in [-0.39, 0.29) is 17.9 Å². The molecule has 5 rings (SSSR count). The first kappa shape index (κ1) is 25.2. The van der Waals surface area contributed by atoms with Crippen molar-refractivity contribution in [3.8, 4) is 0 Å². The Balaban J connectivity index is 1.41. The van der Waals surface area contributed by atoms with Crippen LogP contribution in [0.2, 0.25) is 0 Å². The van der Waals surface area contributed by atoms with Gasteiger partial charge in [-0.2, -0.15) is 0 Å². The minimum Gasteiger partial charge on any atom is -0.383 e. The van der Waals surface area contributed by atoms with E-state index in [2.05, 4.69) is 36.1 Å². The van der Waals surface area contributed by atoms with Gasteiger partial charge >= 0.3 is 0 Å². The van der Waals surface area contributed by atoms with Crippen molar-refractivity contribution >= 4 is 11.8 Å². The van der Waals surface area contributed by atoms with Gasteiger partial charge in [0.1, 0.15) is 0 Å². The van der Waals surface area contributed by atoms with Crippen LogP contribution in [-0.4, -0.2) is 73.0 Å². The molecular formula is C31H35N3O3. The van der Waals surface area contributed by atoms with Gasteiger partial charge in [0, 0.05) is 51.9 Å². The van der Waals surface area contributed by atoms with Gasteiger partial charge in [0.05, 0.1) is 18.6 Å². The molecule has 3 aromatic carbocycles. The van der Waals surface area contributed by atoms with Crippen LogP contribution in [0.4, 0.5) is 0 Å². The van der Waals surface area contributed by atoms with E-state index in [0.29, 0.717) is 31.8 Å². The number of rotatable bonds is 7. The molecule has 0 bridgehead atoms. The molecule has 6 nitrogen and oxygen atoms in total. The lowest BCUT2D eigenvalue weighted by molar-refractivity contribution is -0.136. The average molecular weight is 498 g/mol. The summed E-state index contributed by atoms with van der Waals surface area (Å²) in [5, 5.41) is 0. The van der Waals surface area contributed by atoms with Crippen molar-refractivity contribution < 1.29 is 14.3 Å². The number of fused-ring (bicyclic) bond motifs is 1. The number of carbonyl (C=O) groups is 2. The van der Waals surface area contributed by atoms with Gasteiger partial charge in [0.2, 0.25) is 5.91 Å². The molecule has 192 valence electrons. The van der Waals surface area contributed by atoms with Gasteiger partial charge in [-0.05, 0) is 29.7 Å². The highest BCUT2D eigenvalue weighted by molar-refractivity contribution is 6.01. The number of methoxy groups -OCH3 is 1. The van der Waals surface area contributed by atoms with Gasteiger partial charge < -0.3 is 14.5 Å². The standard InChI is InChI=1S/C31H35N3O3/c1-23-12-14-24(15-13-23)22-32-16-18-33(19-17-32)31(36)28-26-10-6-7-11-27(26)30(35)34(20-21-37-2)29(28)25-8-4-3-5-9-25/h3-15,28-29H,16-22H2,1-2H3/t28-,29-/m1/s1. The Labute approximate surface area is 219 Å². The molecule has 2 amide bonds. The first-order valence-corrected chi connectivity index (χ1v) is 13.1. The highest BCUT2D eigenvalue weighted by Crippen LogP contribution is 2.43. The minimum atomic E-state index is -0.461. The van der Waals surface area contributed by atoms with E-state index in [4.69, 9.17) is 4.74 Å². The van der Waals surface area contributed by atoms with Crippen LogP contribution >= 0.6 is 0 Å². The summed E-state index contributed by atoms with van der Waals surface area (Å²) in [6, 6.07) is 25.8. The normalized spacial score (nSPS) is 20.1. The Bertz CT molecular complexity index is 1220. The average Bonchev–Trinajstić information content (AvgIpc) is 2.94. The number of benzene rings is 3. The summed E-state index contributed by atoms with van der Waals surface area (Å²) >= 11 is 0. The zero-order valence-electron chi connectivity index (χ0n) is 21.7.